The minimum absolute atomic E-state index is 0.142. The molecule has 9 heteroatoms. The Morgan fingerprint density at radius 2 is 1.90 bits per heavy atom. The van der Waals surface area contributed by atoms with Crippen LogP contribution in [0.2, 0.25) is 5.02 Å². The first-order valence-electron chi connectivity index (χ1n) is 8.72. The molecule has 4 rings (SSSR count). The first-order chi connectivity index (χ1) is 14.1. The summed E-state index contributed by atoms with van der Waals surface area (Å²) in [5, 5.41) is 15.3. The lowest BCUT2D eigenvalue weighted by molar-refractivity contribution is -0.113. The highest BCUT2D eigenvalue weighted by Crippen LogP contribution is 2.28. The Morgan fingerprint density at radius 3 is 2.59 bits per heavy atom. The molecule has 6 nitrogen and oxygen atoms in total. The van der Waals surface area contributed by atoms with Crippen LogP contribution in [0.5, 0.6) is 0 Å². The number of amides is 1. The van der Waals surface area contributed by atoms with Crippen LogP contribution in [0.15, 0.2) is 65.1 Å². The van der Waals surface area contributed by atoms with Gasteiger partial charge in [0.2, 0.25) is 5.91 Å². The minimum Gasteiger partial charge on any atom is -0.301 e. The van der Waals surface area contributed by atoms with E-state index in [1.54, 1.807) is 0 Å². The van der Waals surface area contributed by atoms with Crippen molar-refractivity contribution in [2.24, 2.45) is 0 Å². The number of halogens is 1. The predicted octanol–water partition coefficient (Wildman–Crippen LogP) is 5.08. The number of aryl methyl sites for hydroxylation is 1. The molecule has 0 spiro atoms. The van der Waals surface area contributed by atoms with Gasteiger partial charge in [-0.1, -0.05) is 53.7 Å². The zero-order valence-corrected chi connectivity index (χ0v) is 17.8. The summed E-state index contributed by atoms with van der Waals surface area (Å²) in [4.78, 5) is 16.6. The van der Waals surface area contributed by atoms with Crippen LogP contribution in [-0.2, 0) is 4.79 Å². The third-order valence-corrected chi connectivity index (χ3v) is 6.00. The van der Waals surface area contributed by atoms with E-state index < -0.39 is 0 Å². The number of carbonyl (C=O) groups is 1. The number of rotatable bonds is 6. The van der Waals surface area contributed by atoms with Crippen LogP contribution in [0, 0.1) is 6.92 Å². The SMILES string of the molecule is Cc1csc(NC(=O)CSc2nnc(-c3ccccc3)n2-c2ccc(Cl)cc2)n1. The lowest BCUT2D eigenvalue weighted by atomic mass is 10.2. The highest BCUT2D eigenvalue weighted by Gasteiger charge is 2.17. The van der Waals surface area contributed by atoms with Crippen LogP contribution >= 0.6 is 34.7 Å². The van der Waals surface area contributed by atoms with Gasteiger partial charge in [-0.2, -0.15) is 0 Å². The van der Waals surface area contributed by atoms with E-state index in [4.69, 9.17) is 11.6 Å². The van der Waals surface area contributed by atoms with Crippen molar-refractivity contribution in [2.75, 3.05) is 11.1 Å². The van der Waals surface area contributed by atoms with Crippen molar-refractivity contribution in [1.29, 1.82) is 0 Å². The van der Waals surface area contributed by atoms with Gasteiger partial charge in [0, 0.05) is 21.7 Å². The number of aromatic nitrogens is 4. The summed E-state index contributed by atoms with van der Waals surface area (Å²) in [5.41, 5.74) is 2.69. The Labute approximate surface area is 181 Å². The van der Waals surface area contributed by atoms with Gasteiger partial charge in [-0.25, -0.2) is 4.98 Å². The van der Waals surface area contributed by atoms with E-state index in [0.717, 1.165) is 16.9 Å². The zero-order chi connectivity index (χ0) is 20.2. The van der Waals surface area contributed by atoms with E-state index >= 15 is 0 Å². The Bertz CT molecular complexity index is 1130. The Balaban J connectivity index is 1.60. The summed E-state index contributed by atoms with van der Waals surface area (Å²) in [6.45, 7) is 1.89. The standard InChI is InChI=1S/C20H16ClN5OS2/c1-13-11-28-19(22-13)23-17(27)12-29-20-25-24-18(14-5-3-2-4-6-14)26(20)16-9-7-15(21)8-10-16/h2-11H,12H2,1H3,(H,22,23,27). The van der Waals surface area contributed by atoms with Crippen molar-refractivity contribution < 1.29 is 4.79 Å². The van der Waals surface area contributed by atoms with Crippen LogP contribution < -0.4 is 5.32 Å². The maximum Gasteiger partial charge on any atom is 0.236 e. The van der Waals surface area contributed by atoms with Crippen LogP contribution in [-0.4, -0.2) is 31.4 Å². The molecule has 1 N–H and O–H groups in total. The lowest BCUT2D eigenvalue weighted by Gasteiger charge is -2.10. The van der Waals surface area contributed by atoms with Gasteiger partial charge in [0.25, 0.3) is 0 Å². The fourth-order valence-corrected chi connectivity index (χ4v) is 4.24. The first-order valence-corrected chi connectivity index (χ1v) is 11.0. The number of benzene rings is 2. The van der Waals surface area contributed by atoms with E-state index in [1.807, 2.05) is 71.5 Å². The molecule has 2 aromatic carbocycles. The number of carbonyl (C=O) groups excluding carboxylic acids is 1. The third-order valence-electron chi connectivity index (χ3n) is 3.95. The topological polar surface area (TPSA) is 72.7 Å². The van der Waals surface area contributed by atoms with E-state index in [0.29, 0.717) is 21.1 Å². The zero-order valence-electron chi connectivity index (χ0n) is 15.4. The molecule has 0 bridgehead atoms. The maximum absolute atomic E-state index is 12.3. The monoisotopic (exact) mass is 441 g/mol. The fraction of sp³-hybridized carbons (Fsp3) is 0.100. The summed E-state index contributed by atoms with van der Waals surface area (Å²) >= 11 is 8.77. The molecule has 2 aromatic heterocycles. The largest absolute Gasteiger partial charge is 0.301 e. The molecule has 0 aliphatic heterocycles. The van der Waals surface area contributed by atoms with E-state index in [-0.39, 0.29) is 11.7 Å². The molecule has 0 aliphatic rings. The number of anilines is 1. The summed E-state index contributed by atoms with van der Waals surface area (Å²) in [5.74, 6) is 0.752. The van der Waals surface area contributed by atoms with E-state index in [2.05, 4.69) is 20.5 Å². The highest BCUT2D eigenvalue weighted by molar-refractivity contribution is 7.99. The van der Waals surface area contributed by atoms with Crippen molar-refractivity contribution in [2.45, 2.75) is 12.1 Å². The molecule has 0 saturated carbocycles. The summed E-state index contributed by atoms with van der Waals surface area (Å²) in [6.07, 6.45) is 0. The molecule has 146 valence electrons. The Kier molecular flexibility index (Phi) is 5.94. The van der Waals surface area contributed by atoms with E-state index in [1.165, 1.54) is 23.1 Å². The van der Waals surface area contributed by atoms with Gasteiger partial charge in [0.1, 0.15) is 0 Å². The summed E-state index contributed by atoms with van der Waals surface area (Å²) < 4.78 is 1.93. The Morgan fingerprint density at radius 1 is 1.14 bits per heavy atom. The van der Waals surface area contributed by atoms with Crippen molar-refractivity contribution >= 4 is 45.7 Å². The summed E-state index contributed by atoms with van der Waals surface area (Å²) in [6, 6.07) is 17.2. The van der Waals surface area contributed by atoms with Gasteiger partial charge in [-0.05, 0) is 31.2 Å². The summed E-state index contributed by atoms with van der Waals surface area (Å²) in [7, 11) is 0. The smallest absolute Gasteiger partial charge is 0.236 e. The molecule has 2 heterocycles. The predicted molar refractivity (Wildman–Crippen MR) is 118 cm³/mol. The van der Waals surface area contributed by atoms with Crippen molar-refractivity contribution in [3.63, 3.8) is 0 Å². The molecule has 0 radical (unpaired) electrons. The van der Waals surface area contributed by atoms with Gasteiger partial charge in [0.05, 0.1) is 11.4 Å². The minimum atomic E-state index is -0.142. The van der Waals surface area contributed by atoms with E-state index in [9.17, 15) is 4.79 Å². The van der Waals surface area contributed by atoms with Gasteiger partial charge >= 0.3 is 0 Å². The third kappa shape index (κ3) is 4.67. The molecular weight excluding hydrogens is 426 g/mol. The number of hydrogen-bond acceptors (Lipinski definition) is 6. The maximum atomic E-state index is 12.3. The second-order valence-corrected chi connectivity index (χ2v) is 8.35. The van der Waals surface area contributed by atoms with Crippen molar-refractivity contribution in [1.82, 2.24) is 19.7 Å². The molecule has 1 amide bonds. The molecule has 29 heavy (non-hydrogen) atoms. The fourth-order valence-electron chi connectivity index (χ4n) is 2.66. The van der Waals surface area contributed by atoms with Gasteiger partial charge in [-0.3, -0.25) is 9.36 Å². The van der Waals surface area contributed by atoms with Gasteiger partial charge in [-0.15, -0.1) is 21.5 Å². The van der Waals surface area contributed by atoms with Crippen molar-refractivity contribution in [3.8, 4) is 17.1 Å². The van der Waals surface area contributed by atoms with Crippen LogP contribution in [0.25, 0.3) is 17.1 Å². The molecule has 0 unspecified atom stereocenters. The highest BCUT2D eigenvalue weighted by atomic mass is 35.5. The van der Waals surface area contributed by atoms with Crippen LogP contribution in [0.3, 0.4) is 0 Å². The molecule has 0 saturated heterocycles. The second kappa shape index (κ2) is 8.77. The van der Waals surface area contributed by atoms with Crippen LogP contribution in [0.1, 0.15) is 5.69 Å². The average Bonchev–Trinajstić information content (AvgIpc) is 3.34. The van der Waals surface area contributed by atoms with Gasteiger partial charge in [0.15, 0.2) is 16.1 Å². The number of nitrogens with one attached hydrogen (secondary N) is 1. The number of nitrogens with zero attached hydrogens (tertiary/aromatic N) is 4. The number of hydrogen-bond donors (Lipinski definition) is 1. The quantitative estimate of drug-likeness (QED) is 0.422. The first kappa shape index (κ1) is 19.6. The normalized spacial score (nSPS) is 10.8. The van der Waals surface area contributed by atoms with Crippen molar-refractivity contribution in [3.05, 3.63) is 70.7 Å². The number of thiazole rings is 1. The second-order valence-electron chi connectivity index (χ2n) is 6.11. The molecule has 0 aliphatic carbocycles. The number of thioether (sulfide) groups is 1. The molecule has 4 aromatic rings. The van der Waals surface area contributed by atoms with Gasteiger partial charge < -0.3 is 5.32 Å². The average molecular weight is 442 g/mol. The molecule has 0 fully saturated rings. The molecule has 0 atom stereocenters. The Hall–Kier alpha value is -2.68. The molecular formula is C20H16ClN5OS2. The lowest BCUT2D eigenvalue weighted by Crippen LogP contribution is -2.14. The van der Waals surface area contributed by atoms with Crippen LogP contribution in [0.4, 0.5) is 5.13 Å².